The molecule has 20 heavy (non-hydrogen) atoms. The van der Waals surface area contributed by atoms with Gasteiger partial charge in [0.2, 0.25) is 0 Å². The van der Waals surface area contributed by atoms with Gasteiger partial charge in [-0.3, -0.25) is 4.90 Å². The maximum atomic E-state index is 6.05. The van der Waals surface area contributed by atoms with Gasteiger partial charge in [0, 0.05) is 28.9 Å². The zero-order valence-corrected chi connectivity index (χ0v) is 13.4. The van der Waals surface area contributed by atoms with Crippen molar-refractivity contribution in [2.24, 2.45) is 5.73 Å². The summed E-state index contributed by atoms with van der Waals surface area (Å²) in [5, 5.41) is 4.13. The maximum Gasteiger partial charge on any atom is 0.106 e. The van der Waals surface area contributed by atoms with Crippen LogP contribution in [0.3, 0.4) is 0 Å². The Balaban J connectivity index is 1.99. The van der Waals surface area contributed by atoms with E-state index in [4.69, 9.17) is 29.6 Å². The predicted molar refractivity (Wildman–Crippen MR) is 90.7 cm³/mol. The van der Waals surface area contributed by atoms with Crippen molar-refractivity contribution >= 4 is 34.5 Å². The van der Waals surface area contributed by atoms with Crippen LogP contribution in [0.2, 0.25) is 5.02 Å². The minimum atomic E-state index is 0.398. The number of piperidine rings is 1. The molecule has 0 spiro atoms. The van der Waals surface area contributed by atoms with Crippen molar-refractivity contribution in [1.82, 2.24) is 4.90 Å². The molecule has 1 aromatic carbocycles. The van der Waals surface area contributed by atoms with Crippen LogP contribution >= 0.6 is 23.8 Å². The maximum absolute atomic E-state index is 6.05. The van der Waals surface area contributed by atoms with Gasteiger partial charge in [-0.15, -0.1) is 0 Å². The zero-order valence-electron chi connectivity index (χ0n) is 11.9. The number of halogens is 1. The van der Waals surface area contributed by atoms with E-state index in [2.05, 4.69) is 17.1 Å². The van der Waals surface area contributed by atoms with Gasteiger partial charge in [-0.25, -0.2) is 0 Å². The highest BCUT2D eigenvalue weighted by atomic mass is 35.5. The van der Waals surface area contributed by atoms with E-state index in [0.717, 1.165) is 17.8 Å². The van der Waals surface area contributed by atoms with Crippen molar-refractivity contribution in [2.75, 3.05) is 25.0 Å². The molecule has 1 aromatic rings. The van der Waals surface area contributed by atoms with Gasteiger partial charge in [0.25, 0.3) is 0 Å². The van der Waals surface area contributed by atoms with E-state index in [0.29, 0.717) is 16.1 Å². The van der Waals surface area contributed by atoms with E-state index < -0.39 is 0 Å². The Morgan fingerprint density at radius 1 is 1.40 bits per heavy atom. The lowest BCUT2D eigenvalue weighted by molar-refractivity contribution is 0.180. The van der Waals surface area contributed by atoms with Crippen LogP contribution in [-0.2, 0) is 0 Å². The molecule has 1 unspecified atom stereocenters. The Bertz CT molecular complexity index is 472. The van der Waals surface area contributed by atoms with Gasteiger partial charge in [-0.1, -0.05) is 30.2 Å². The van der Waals surface area contributed by atoms with Crippen LogP contribution in [0.1, 0.15) is 31.7 Å². The summed E-state index contributed by atoms with van der Waals surface area (Å²) >= 11 is 11.1. The second-order valence-electron chi connectivity index (χ2n) is 5.38. The average molecular weight is 312 g/mol. The first kappa shape index (κ1) is 15.5. The molecular formula is C15H22ClN3S. The minimum Gasteiger partial charge on any atom is -0.389 e. The van der Waals surface area contributed by atoms with E-state index in [1.165, 1.54) is 32.4 Å². The van der Waals surface area contributed by atoms with E-state index in [9.17, 15) is 0 Å². The minimum absolute atomic E-state index is 0.398. The lowest BCUT2D eigenvalue weighted by Gasteiger charge is -2.32. The van der Waals surface area contributed by atoms with Crippen molar-refractivity contribution in [3.05, 3.63) is 28.8 Å². The molecule has 0 aromatic heterocycles. The van der Waals surface area contributed by atoms with E-state index in [-0.39, 0.29) is 0 Å². The van der Waals surface area contributed by atoms with Crippen molar-refractivity contribution in [1.29, 1.82) is 0 Å². The Labute approximate surface area is 131 Å². The molecule has 1 aliphatic heterocycles. The van der Waals surface area contributed by atoms with Crippen LogP contribution < -0.4 is 11.1 Å². The predicted octanol–water partition coefficient (Wildman–Crippen LogP) is 3.26. The Morgan fingerprint density at radius 2 is 2.10 bits per heavy atom. The topological polar surface area (TPSA) is 41.3 Å². The first-order valence-electron chi connectivity index (χ1n) is 7.15. The number of nitrogens with one attached hydrogen (secondary N) is 1. The molecule has 3 nitrogen and oxygen atoms in total. The molecule has 0 aliphatic carbocycles. The second kappa shape index (κ2) is 7.25. The van der Waals surface area contributed by atoms with Gasteiger partial charge in [0.1, 0.15) is 4.99 Å². The highest BCUT2D eigenvalue weighted by molar-refractivity contribution is 7.80. The van der Waals surface area contributed by atoms with E-state index >= 15 is 0 Å². The molecule has 1 fully saturated rings. The number of rotatable bonds is 5. The van der Waals surface area contributed by atoms with Crippen LogP contribution in [0.5, 0.6) is 0 Å². The summed E-state index contributed by atoms with van der Waals surface area (Å²) in [7, 11) is 0. The summed E-state index contributed by atoms with van der Waals surface area (Å²) in [6.45, 7) is 5.51. The third kappa shape index (κ3) is 4.08. The van der Waals surface area contributed by atoms with Gasteiger partial charge >= 0.3 is 0 Å². The Morgan fingerprint density at radius 3 is 2.75 bits per heavy atom. The molecule has 3 N–H and O–H groups in total. The SMILES string of the molecule is CC(CNc1cc(Cl)ccc1C(N)=S)N1CCCCC1. The molecule has 0 radical (unpaired) electrons. The van der Waals surface area contributed by atoms with Crippen LogP contribution in [0.25, 0.3) is 0 Å². The van der Waals surface area contributed by atoms with Gasteiger partial charge in [0.15, 0.2) is 0 Å². The highest BCUT2D eigenvalue weighted by Gasteiger charge is 2.16. The standard InChI is InChI=1S/C15H22ClN3S/c1-11(19-7-3-2-4-8-19)10-18-14-9-12(16)5-6-13(14)15(17)20/h5-6,9,11,18H,2-4,7-8,10H2,1H3,(H2,17,20). The van der Waals surface area contributed by atoms with Crippen molar-refractivity contribution in [3.63, 3.8) is 0 Å². The lowest BCUT2D eigenvalue weighted by atomic mass is 10.1. The van der Waals surface area contributed by atoms with Crippen LogP contribution in [0.15, 0.2) is 18.2 Å². The molecule has 0 saturated carbocycles. The number of hydrogen-bond donors (Lipinski definition) is 2. The molecule has 1 atom stereocenters. The van der Waals surface area contributed by atoms with Crippen molar-refractivity contribution in [3.8, 4) is 0 Å². The first-order chi connectivity index (χ1) is 9.58. The number of nitrogens with two attached hydrogens (primary N) is 1. The van der Waals surface area contributed by atoms with Gasteiger partial charge in [0.05, 0.1) is 0 Å². The van der Waals surface area contributed by atoms with E-state index in [1.54, 1.807) is 0 Å². The summed E-state index contributed by atoms with van der Waals surface area (Å²) in [4.78, 5) is 2.93. The lowest BCUT2D eigenvalue weighted by Crippen LogP contribution is -2.41. The third-order valence-electron chi connectivity index (χ3n) is 3.85. The number of nitrogens with zero attached hydrogens (tertiary/aromatic N) is 1. The monoisotopic (exact) mass is 311 g/mol. The normalized spacial score (nSPS) is 17.7. The molecule has 1 heterocycles. The zero-order chi connectivity index (χ0) is 14.5. The van der Waals surface area contributed by atoms with Gasteiger partial charge < -0.3 is 11.1 Å². The van der Waals surface area contributed by atoms with Gasteiger partial charge in [-0.05, 0) is 51.1 Å². The summed E-state index contributed by atoms with van der Waals surface area (Å²) in [6, 6.07) is 6.07. The fourth-order valence-electron chi connectivity index (χ4n) is 2.62. The molecular weight excluding hydrogens is 290 g/mol. The van der Waals surface area contributed by atoms with Crippen LogP contribution in [-0.4, -0.2) is 35.6 Å². The summed E-state index contributed by atoms with van der Waals surface area (Å²) in [5.74, 6) is 0. The fraction of sp³-hybridized carbons (Fsp3) is 0.533. The highest BCUT2D eigenvalue weighted by Crippen LogP contribution is 2.21. The molecule has 110 valence electrons. The average Bonchev–Trinajstić information content (AvgIpc) is 2.45. The summed E-state index contributed by atoms with van der Waals surface area (Å²) in [5.41, 5.74) is 7.53. The number of anilines is 1. The third-order valence-corrected chi connectivity index (χ3v) is 4.30. The van der Waals surface area contributed by atoms with Crippen molar-refractivity contribution in [2.45, 2.75) is 32.2 Å². The molecule has 1 aliphatic rings. The number of benzene rings is 1. The number of likely N-dealkylation sites (tertiary alicyclic amines) is 1. The largest absolute Gasteiger partial charge is 0.389 e. The second-order valence-corrected chi connectivity index (χ2v) is 6.26. The van der Waals surface area contributed by atoms with Crippen molar-refractivity contribution < 1.29 is 0 Å². The Hall–Kier alpha value is -0.840. The van der Waals surface area contributed by atoms with Crippen LogP contribution in [0.4, 0.5) is 5.69 Å². The number of thiocarbonyl (C=S) groups is 1. The summed E-state index contributed by atoms with van der Waals surface area (Å²) < 4.78 is 0. The first-order valence-corrected chi connectivity index (χ1v) is 7.94. The molecule has 5 heteroatoms. The molecule has 0 amide bonds. The molecule has 1 saturated heterocycles. The van der Waals surface area contributed by atoms with E-state index in [1.807, 2.05) is 18.2 Å². The van der Waals surface area contributed by atoms with Crippen LogP contribution in [0, 0.1) is 0 Å². The molecule has 2 rings (SSSR count). The fourth-order valence-corrected chi connectivity index (χ4v) is 2.97. The quantitative estimate of drug-likeness (QED) is 0.819. The smallest absolute Gasteiger partial charge is 0.106 e. The molecule has 0 bridgehead atoms. The van der Waals surface area contributed by atoms with Gasteiger partial charge in [-0.2, -0.15) is 0 Å². The summed E-state index contributed by atoms with van der Waals surface area (Å²) in [6.07, 6.45) is 3.97. The Kier molecular flexibility index (Phi) is 5.64. The number of hydrogen-bond acceptors (Lipinski definition) is 3.